The highest BCUT2D eigenvalue weighted by Crippen LogP contribution is 1.96. The Balaban J connectivity index is 0. The molecular formula is C13H31IN4O. The summed E-state index contributed by atoms with van der Waals surface area (Å²) >= 11 is 0. The van der Waals surface area contributed by atoms with Crippen molar-refractivity contribution in [2.75, 3.05) is 46.9 Å². The molecule has 0 saturated carbocycles. The number of nitrogens with one attached hydrogen (secondary N) is 2. The molecule has 0 aliphatic rings. The first-order valence-corrected chi connectivity index (χ1v) is 6.87. The van der Waals surface area contributed by atoms with Crippen LogP contribution in [0.5, 0.6) is 0 Å². The lowest BCUT2D eigenvalue weighted by Crippen LogP contribution is -2.46. The molecule has 0 aromatic heterocycles. The van der Waals surface area contributed by atoms with Crippen LogP contribution < -0.4 is 10.6 Å². The van der Waals surface area contributed by atoms with E-state index in [0.29, 0.717) is 6.04 Å². The molecule has 0 rings (SSSR count). The molecule has 2 N–H and O–H groups in total. The number of likely N-dealkylation sites (N-methyl/N-ethyl adjacent to an activating group) is 1. The van der Waals surface area contributed by atoms with Gasteiger partial charge in [-0.3, -0.25) is 9.89 Å². The Morgan fingerprint density at radius 3 is 2.37 bits per heavy atom. The zero-order valence-corrected chi connectivity index (χ0v) is 15.4. The van der Waals surface area contributed by atoms with E-state index in [0.717, 1.165) is 45.2 Å². The molecule has 0 bridgehead atoms. The van der Waals surface area contributed by atoms with Crippen molar-refractivity contribution in [3.63, 3.8) is 0 Å². The predicted octanol–water partition coefficient (Wildman–Crippen LogP) is 1.54. The highest BCUT2D eigenvalue weighted by atomic mass is 127. The van der Waals surface area contributed by atoms with Crippen LogP contribution in [0.15, 0.2) is 4.99 Å². The molecule has 6 heteroatoms. The first-order valence-electron chi connectivity index (χ1n) is 6.87. The van der Waals surface area contributed by atoms with E-state index < -0.39 is 0 Å². The summed E-state index contributed by atoms with van der Waals surface area (Å²) in [4.78, 5) is 6.63. The minimum absolute atomic E-state index is 0. The SMILES string of the molecule is CCN(CC)C(C)CNC(=NC)NCCCOC.I. The second-order valence-electron chi connectivity index (χ2n) is 4.30. The third-order valence-corrected chi connectivity index (χ3v) is 3.04. The molecule has 19 heavy (non-hydrogen) atoms. The molecule has 0 heterocycles. The Morgan fingerprint density at radius 2 is 1.89 bits per heavy atom. The minimum atomic E-state index is 0. The van der Waals surface area contributed by atoms with Crippen molar-refractivity contribution in [3.8, 4) is 0 Å². The summed E-state index contributed by atoms with van der Waals surface area (Å²) in [6.07, 6.45) is 0.989. The first kappa shape index (κ1) is 21.2. The van der Waals surface area contributed by atoms with Crippen LogP contribution in [-0.4, -0.2) is 63.8 Å². The smallest absolute Gasteiger partial charge is 0.191 e. The van der Waals surface area contributed by atoms with Gasteiger partial charge in [-0.25, -0.2) is 0 Å². The van der Waals surface area contributed by atoms with Gasteiger partial charge in [-0.2, -0.15) is 0 Å². The molecule has 1 atom stereocenters. The maximum atomic E-state index is 5.01. The molecule has 1 unspecified atom stereocenters. The minimum Gasteiger partial charge on any atom is -0.385 e. The van der Waals surface area contributed by atoms with Gasteiger partial charge in [0.1, 0.15) is 0 Å². The molecule has 0 amide bonds. The van der Waals surface area contributed by atoms with E-state index in [9.17, 15) is 0 Å². The summed E-state index contributed by atoms with van der Waals surface area (Å²) in [7, 11) is 3.52. The molecule has 0 saturated heterocycles. The highest BCUT2D eigenvalue weighted by molar-refractivity contribution is 14.0. The van der Waals surface area contributed by atoms with E-state index in [1.807, 2.05) is 0 Å². The monoisotopic (exact) mass is 386 g/mol. The van der Waals surface area contributed by atoms with Gasteiger partial charge >= 0.3 is 0 Å². The number of aliphatic imine (C=N–C) groups is 1. The normalized spacial score (nSPS) is 13.1. The van der Waals surface area contributed by atoms with E-state index in [4.69, 9.17) is 4.74 Å². The van der Waals surface area contributed by atoms with Gasteiger partial charge in [0.05, 0.1) is 0 Å². The standard InChI is InChI=1S/C13H30N4O.HI/c1-6-17(7-2)12(3)11-16-13(14-4)15-9-8-10-18-5;/h12H,6-11H2,1-5H3,(H2,14,15,16);1H. The summed E-state index contributed by atoms with van der Waals surface area (Å²) < 4.78 is 5.01. The van der Waals surface area contributed by atoms with Gasteiger partial charge in [-0.1, -0.05) is 13.8 Å². The molecule has 0 radical (unpaired) electrons. The van der Waals surface area contributed by atoms with Crippen LogP contribution in [0, 0.1) is 0 Å². The lowest BCUT2D eigenvalue weighted by atomic mass is 10.3. The number of nitrogens with zero attached hydrogens (tertiary/aromatic N) is 2. The Labute approximate surface area is 135 Å². The first-order chi connectivity index (χ1) is 8.69. The van der Waals surface area contributed by atoms with Crippen LogP contribution in [0.2, 0.25) is 0 Å². The molecule has 0 aliphatic heterocycles. The van der Waals surface area contributed by atoms with Crippen LogP contribution in [0.4, 0.5) is 0 Å². The van der Waals surface area contributed by atoms with Crippen LogP contribution in [0.3, 0.4) is 0 Å². The summed E-state index contributed by atoms with van der Waals surface area (Å²) in [5.41, 5.74) is 0. The molecule has 0 aliphatic carbocycles. The lowest BCUT2D eigenvalue weighted by molar-refractivity contribution is 0.195. The number of hydrogen-bond acceptors (Lipinski definition) is 3. The molecule has 0 aromatic carbocycles. The summed E-state index contributed by atoms with van der Waals surface area (Å²) in [5, 5.41) is 6.63. The van der Waals surface area contributed by atoms with Crippen molar-refractivity contribution in [2.24, 2.45) is 4.99 Å². The summed E-state index contributed by atoms with van der Waals surface area (Å²) in [5.74, 6) is 0.866. The van der Waals surface area contributed by atoms with Crippen LogP contribution in [0.25, 0.3) is 0 Å². The number of halogens is 1. The Morgan fingerprint density at radius 1 is 1.26 bits per heavy atom. The van der Waals surface area contributed by atoms with Crippen LogP contribution in [-0.2, 0) is 4.74 Å². The number of hydrogen-bond donors (Lipinski definition) is 2. The van der Waals surface area contributed by atoms with Gasteiger partial charge in [-0.05, 0) is 26.4 Å². The van der Waals surface area contributed by atoms with Gasteiger partial charge in [0, 0.05) is 39.9 Å². The Bertz CT molecular complexity index is 223. The second-order valence-corrected chi connectivity index (χ2v) is 4.30. The number of methoxy groups -OCH3 is 1. The van der Waals surface area contributed by atoms with E-state index >= 15 is 0 Å². The molecule has 0 fully saturated rings. The molecule has 5 nitrogen and oxygen atoms in total. The lowest BCUT2D eigenvalue weighted by Gasteiger charge is -2.27. The third kappa shape index (κ3) is 10.4. The van der Waals surface area contributed by atoms with Gasteiger partial charge in [0.2, 0.25) is 0 Å². The average Bonchev–Trinajstić information content (AvgIpc) is 2.39. The van der Waals surface area contributed by atoms with Gasteiger partial charge in [0.25, 0.3) is 0 Å². The fraction of sp³-hybridized carbons (Fsp3) is 0.923. The maximum absolute atomic E-state index is 5.01. The zero-order chi connectivity index (χ0) is 13.8. The largest absolute Gasteiger partial charge is 0.385 e. The zero-order valence-electron chi connectivity index (χ0n) is 13.0. The second kappa shape index (κ2) is 14.3. The Kier molecular flexibility index (Phi) is 16.0. The molecular weight excluding hydrogens is 355 g/mol. The maximum Gasteiger partial charge on any atom is 0.191 e. The van der Waals surface area contributed by atoms with Gasteiger partial charge in [0.15, 0.2) is 5.96 Å². The topological polar surface area (TPSA) is 48.9 Å². The van der Waals surface area contributed by atoms with Gasteiger partial charge in [-0.15, -0.1) is 24.0 Å². The van der Waals surface area contributed by atoms with Crippen LogP contribution in [0.1, 0.15) is 27.2 Å². The van der Waals surface area contributed by atoms with E-state index in [1.54, 1.807) is 14.2 Å². The fourth-order valence-corrected chi connectivity index (χ4v) is 1.86. The van der Waals surface area contributed by atoms with Crippen molar-refractivity contribution in [2.45, 2.75) is 33.2 Å². The van der Waals surface area contributed by atoms with Crippen molar-refractivity contribution in [1.29, 1.82) is 0 Å². The summed E-state index contributed by atoms with van der Waals surface area (Å²) in [6, 6.07) is 0.512. The number of guanidine groups is 1. The fourth-order valence-electron chi connectivity index (χ4n) is 1.86. The Hall–Kier alpha value is -0.0800. The highest BCUT2D eigenvalue weighted by Gasteiger charge is 2.09. The quantitative estimate of drug-likeness (QED) is 0.273. The summed E-state index contributed by atoms with van der Waals surface area (Å²) in [6.45, 7) is 11.4. The van der Waals surface area contributed by atoms with Gasteiger partial charge < -0.3 is 15.4 Å². The number of rotatable bonds is 9. The van der Waals surface area contributed by atoms with Crippen molar-refractivity contribution >= 4 is 29.9 Å². The third-order valence-electron chi connectivity index (χ3n) is 3.04. The number of ether oxygens (including phenoxy) is 1. The van der Waals surface area contributed by atoms with E-state index in [2.05, 4.69) is 41.3 Å². The van der Waals surface area contributed by atoms with Crippen molar-refractivity contribution in [1.82, 2.24) is 15.5 Å². The molecule has 116 valence electrons. The molecule has 0 aromatic rings. The predicted molar refractivity (Wildman–Crippen MR) is 93.7 cm³/mol. The van der Waals surface area contributed by atoms with Crippen molar-refractivity contribution in [3.05, 3.63) is 0 Å². The molecule has 0 spiro atoms. The van der Waals surface area contributed by atoms with Crippen molar-refractivity contribution < 1.29 is 4.74 Å². The van der Waals surface area contributed by atoms with E-state index in [1.165, 1.54) is 0 Å². The van der Waals surface area contributed by atoms with E-state index in [-0.39, 0.29) is 24.0 Å². The average molecular weight is 386 g/mol. The van der Waals surface area contributed by atoms with Crippen LogP contribution >= 0.6 is 24.0 Å².